The van der Waals surface area contributed by atoms with Gasteiger partial charge in [-0.1, -0.05) is 36.7 Å². The maximum Gasteiger partial charge on any atom is 0.119 e. The summed E-state index contributed by atoms with van der Waals surface area (Å²) in [4.78, 5) is 4.67. The summed E-state index contributed by atoms with van der Waals surface area (Å²) in [5.74, 6) is 0.813. The van der Waals surface area contributed by atoms with Crippen LogP contribution in [0.3, 0.4) is 0 Å². The van der Waals surface area contributed by atoms with Gasteiger partial charge in [-0.2, -0.15) is 0 Å². The van der Waals surface area contributed by atoms with Crippen LogP contribution in [0.25, 0.3) is 0 Å². The number of β-amino-alcohol motifs (C(OH)–C–C–N with tert-alkyl or cyclic N) is 1. The van der Waals surface area contributed by atoms with Crippen molar-refractivity contribution in [2.45, 2.75) is 26.4 Å². The fourth-order valence-electron chi connectivity index (χ4n) is 3.46. The third kappa shape index (κ3) is 5.61. The van der Waals surface area contributed by atoms with Crippen molar-refractivity contribution in [3.05, 3.63) is 58.6 Å². The molecule has 27 heavy (non-hydrogen) atoms. The first kappa shape index (κ1) is 20.0. The predicted octanol–water partition coefficient (Wildman–Crippen LogP) is 3.77. The molecule has 146 valence electrons. The number of piperazine rings is 1. The van der Waals surface area contributed by atoms with Crippen LogP contribution in [0.15, 0.2) is 42.5 Å². The number of aliphatic hydroxyl groups is 1. The molecule has 0 radical (unpaired) electrons. The SMILES string of the molecule is CCc1ccc(OCC(O)CN2CCN(c3cc(Cl)ccc3C)CC2)cc1. The van der Waals surface area contributed by atoms with Gasteiger partial charge in [-0.3, -0.25) is 4.90 Å². The summed E-state index contributed by atoms with van der Waals surface area (Å²) in [5.41, 5.74) is 3.74. The van der Waals surface area contributed by atoms with E-state index in [1.165, 1.54) is 16.8 Å². The van der Waals surface area contributed by atoms with E-state index in [0.29, 0.717) is 13.2 Å². The lowest BCUT2D eigenvalue weighted by Crippen LogP contribution is -2.49. The molecule has 0 spiro atoms. The molecule has 1 aliphatic heterocycles. The zero-order valence-electron chi connectivity index (χ0n) is 16.2. The van der Waals surface area contributed by atoms with Gasteiger partial charge >= 0.3 is 0 Å². The van der Waals surface area contributed by atoms with Crippen molar-refractivity contribution >= 4 is 17.3 Å². The van der Waals surface area contributed by atoms with Crippen LogP contribution in [0.5, 0.6) is 5.75 Å². The molecule has 1 fully saturated rings. The van der Waals surface area contributed by atoms with E-state index in [9.17, 15) is 5.11 Å². The first-order chi connectivity index (χ1) is 13.0. The van der Waals surface area contributed by atoms with E-state index in [-0.39, 0.29) is 0 Å². The summed E-state index contributed by atoms with van der Waals surface area (Å²) in [7, 11) is 0. The zero-order chi connectivity index (χ0) is 19.2. The van der Waals surface area contributed by atoms with Crippen molar-refractivity contribution in [3.63, 3.8) is 0 Å². The Morgan fingerprint density at radius 1 is 1.07 bits per heavy atom. The topological polar surface area (TPSA) is 35.9 Å². The minimum Gasteiger partial charge on any atom is -0.491 e. The molecule has 1 saturated heterocycles. The Balaban J connectivity index is 1.43. The highest BCUT2D eigenvalue weighted by Crippen LogP contribution is 2.25. The van der Waals surface area contributed by atoms with Gasteiger partial charge in [-0.25, -0.2) is 0 Å². The van der Waals surface area contributed by atoms with Crippen LogP contribution in [0.1, 0.15) is 18.1 Å². The van der Waals surface area contributed by atoms with Gasteiger partial charge < -0.3 is 14.7 Å². The maximum atomic E-state index is 10.3. The van der Waals surface area contributed by atoms with E-state index in [0.717, 1.165) is 43.4 Å². The summed E-state index contributed by atoms with van der Waals surface area (Å²) >= 11 is 6.15. The molecule has 0 aliphatic carbocycles. The summed E-state index contributed by atoms with van der Waals surface area (Å²) < 4.78 is 5.73. The highest BCUT2D eigenvalue weighted by molar-refractivity contribution is 6.30. The average Bonchev–Trinajstić information content (AvgIpc) is 2.69. The minimum atomic E-state index is -0.490. The van der Waals surface area contributed by atoms with Crippen molar-refractivity contribution in [1.82, 2.24) is 4.90 Å². The maximum absolute atomic E-state index is 10.3. The average molecular weight is 389 g/mol. The van der Waals surface area contributed by atoms with Crippen LogP contribution in [-0.4, -0.2) is 55.4 Å². The largest absolute Gasteiger partial charge is 0.491 e. The smallest absolute Gasteiger partial charge is 0.119 e. The number of aliphatic hydroxyl groups excluding tert-OH is 1. The molecular formula is C22H29ClN2O2. The Bertz CT molecular complexity index is 728. The molecule has 2 aromatic rings. The van der Waals surface area contributed by atoms with Gasteiger partial charge in [0, 0.05) is 43.4 Å². The van der Waals surface area contributed by atoms with Gasteiger partial charge in [0.05, 0.1) is 0 Å². The van der Waals surface area contributed by atoms with Gasteiger partial charge in [-0.05, 0) is 48.7 Å². The molecule has 0 bridgehead atoms. The third-order valence-electron chi connectivity index (χ3n) is 5.13. The fourth-order valence-corrected chi connectivity index (χ4v) is 3.63. The summed E-state index contributed by atoms with van der Waals surface area (Å²) in [6, 6.07) is 14.1. The lowest BCUT2D eigenvalue weighted by Gasteiger charge is -2.37. The van der Waals surface area contributed by atoms with Crippen LogP contribution in [0.4, 0.5) is 5.69 Å². The lowest BCUT2D eigenvalue weighted by atomic mass is 10.1. The lowest BCUT2D eigenvalue weighted by molar-refractivity contribution is 0.0663. The molecule has 1 unspecified atom stereocenters. The Morgan fingerprint density at radius 3 is 2.44 bits per heavy atom. The molecule has 5 heteroatoms. The first-order valence-electron chi connectivity index (χ1n) is 9.68. The number of rotatable bonds is 7. The second-order valence-electron chi connectivity index (χ2n) is 7.18. The van der Waals surface area contributed by atoms with Gasteiger partial charge in [0.15, 0.2) is 0 Å². The molecular weight excluding hydrogens is 360 g/mol. The van der Waals surface area contributed by atoms with E-state index in [1.807, 2.05) is 24.3 Å². The zero-order valence-corrected chi connectivity index (χ0v) is 17.0. The third-order valence-corrected chi connectivity index (χ3v) is 5.36. The molecule has 2 aromatic carbocycles. The highest BCUT2D eigenvalue weighted by atomic mass is 35.5. The first-order valence-corrected chi connectivity index (χ1v) is 10.1. The van der Waals surface area contributed by atoms with Crippen LogP contribution in [0, 0.1) is 6.92 Å². The second-order valence-corrected chi connectivity index (χ2v) is 7.62. The summed E-state index contributed by atoms with van der Waals surface area (Å²) in [6.45, 7) is 8.93. The van der Waals surface area contributed by atoms with Crippen LogP contribution >= 0.6 is 11.6 Å². The van der Waals surface area contributed by atoms with Crippen LogP contribution in [0.2, 0.25) is 5.02 Å². The number of halogens is 1. The number of hydrogen-bond acceptors (Lipinski definition) is 4. The van der Waals surface area contributed by atoms with E-state index in [2.05, 4.69) is 41.8 Å². The molecule has 3 rings (SSSR count). The van der Waals surface area contributed by atoms with Gasteiger partial charge in [0.25, 0.3) is 0 Å². The molecule has 1 N–H and O–H groups in total. The second kappa shape index (κ2) is 9.45. The Morgan fingerprint density at radius 2 is 1.78 bits per heavy atom. The molecule has 0 aromatic heterocycles. The van der Waals surface area contributed by atoms with Crippen molar-refractivity contribution < 1.29 is 9.84 Å². The normalized spacial score (nSPS) is 16.4. The van der Waals surface area contributed by atoms with Crippen LogP contribution < -0.4 is 9.64 Å². The number of ether oxygens (including phenoxy) is 1. The number of anilines is 1. The quantitative estimate of drug-likeness (QED) is 0.783. The van der Waals surface area contributed by atoms with Gasteiger partial charge in [0.2, 0.25) is 0 Å². The number of nitrogens with zero attached hydrogens (tertiary/aromatic N) is 2. The predicted molar refractivity (Wildman–Crippen MR) is 112 cm³/mol. The Hall–Kier alpha value is -1.75. The summed E-state index contributed by atoms with van der Waals surface area (Å²) in [5, 5.41) is 11.1. The van der Waals surface area contributed by atoms with Crippen molar-refractivity contribution in [2.75, 3.05) is 44.2 Å². The van der Waals surface area contributed by atoms with Crippen molar-refractivity contribution in [2.24, 2.45) is 0 Å². The number of benzene rings is 2. The monoisotopic (exact) mass is 388 g/mol. The Labute approximate surface area is 167 Å². The molecule has 0 amide bonds. The van der Waals surface area contributed by atoms with E-state index < -0.39 is 6.10 Å². The number of aryl methyl sites for hydroxylation is 2. The standard InChI is InChI=1S/C22H29ClN2O2/c1-3-18-5-8-21(9-6-18)27-16-20(26)15-24-10-12-25(13-11-24)22-14-19(23)7-4-17(22)2/h4-9,14,20,26H,3,10-13,15-16H2,1-2H3. The Kier molecular flexibility index (Phi) is 7.00. The van der Waals surface area contributed by atoms with E-state index >= 15 is 0 Å². The molecule has 1 atom stereocenters. The summed E-state index contributed by atoms with van der Waals surface area (Å²) in [6.07, 6.45) is 0.527. The van der Waals surface area contributed by atoms with Gasteiger partial charge in [0.1, 0.15) is 18.5 Å². The van der Waals surface area contributed by atoms with Crippen molar-refractivity contribution in [3.8, 4) is 5.75 Å². The van der Waals surface area contributed by atoms with Crippen LogP contribution in [-0.2, 0) is 6.42 Å². The molecule has 1 aliphatic rings. The molecule has 0 saturated carbocycles. The molecule has 1 heterocycles. The van der Waals surface area contributed by atoms with Crippen molar-refractivity contribution in [1.29, 1.82) is 0 Å². The number of hydrogen-bond donors (Lipinski definition) is 1. The van der Waals surface area contributed by atoms with E-state index in [4.69, 9.17) is 16.3 Å². The molecule has 4 nitrogen and oxygen atoms in total. The van der Waals surface area contributed by atoms with E-state index in [1.54, 1.807) is 0 Å². The fraction of sp³-hybridized carbons (Fsp3) is 0.455. The highest BCUT2D eigenvalue weighted by Gasteiger charge is 2.20. The van der Waals surface area contributed by atoms with Gasteiger partial charge in [-0.15, -0.1) is 0 Å². The minimum absolute atomic E-state index is 0.319.